The van der Waals surface area contributed by atoms with Gasteiger partial charge in [-0.3, -0.25) is 9.69 Å². The minimum absolute atomic E-state index is 0.0579. The third kappa shape index (κ3) is 1.43. The average Bonchev–Trinajstić information content (AvgIpc) is 2.51. The lowest BCUT2D eigenvalue weighted by molar-refractivity contribution is 0.0825. The number of carbonyl (C=O) groups excluding carboxylic acids is 1. The second-order valence-corrected chi connectivity index (χ2v) is 5.17. The Morgan fingerprint density at radius 3 is 2.65 bits per heavy atom. The Bertz CT molecular complexity index is 748. The average molecular weight is 262 g/mol. The first-order valence-corrected chi connectivity index (χ1v) is 6.70. The van der Waals surface area contributed by atoms with Gasteiger partial charge in [-0.15, -0.1) is 0 Å². The van der Waals surface area contributed by atoms with Crippen molar-refractivity contribution in [1.82, 2.24) is 4.90 Å². The number of fused-ring (bicyclic) bond motifs is 4. The van der Waals surface area contributed by atoms with Gasteiger partial charge in [-0.2, -0.15) is 0 Å². The van der Waals surface area contributed by atoms with Crippen molar-refractivity contribution in [2.75, 3.05) is 11.9 Å². The Morgan fingerprint density at radius 2 is 1.75 bits per heavy atom. The molecule has 2 aromatic rings. The van der Waals surface area contributed by atoms with Gasteiger partial charge in [0.25, 0.3) is 5.91 Å². The predicted octanol–water partition coefficient (Wildman–Crippen LogP) is 3.09. The van der Waals surface area contributed by atoms with E-state index in [2.05, 4.69) is 29.2 Å². The molecule has 98 valence electrons. The Balaban J connectivity index is 1.95. The standard InChI is InChI=1S/C17H14N2O/c1-18-16-10-12-6-2-3-7-13(12)11-19(16)15-9-5-4-8-14(15)17(18)20/h2-10H,11H2,1H3. The van der Waals surface area contributed by atoms with Crippen LogP contribution in [0.4, 0.5) is 5.69 Å². The topological polar surface area (TPSA) is 23.6 Å². The van der Waals surface area contributed by atoms with E-state index in [0.717, 1.165) is 23.6 Å². The summed E-state index contributed by atoms with van der Waals surface area (Å²) in [4.78, 5) is 16.4. The summed E-state index contributed by atoms with van der Waals surface area (Å²) in [6, 6.07) is 16.1. The zero-order valence-corrected chi connectivity index (χ0v) is 11.2. The highest BCUT2D eigenvalue weighted by Crippen LogP contribution is 2.37. The van der Waals surface area contributed by atoms with E-state index in [1.165, 1.54) is 11.1 Å². The van der Waals surface area contributed by atoms with E-state index in [1.54, 1.807) is 4.90 Å². The van der Waals surface area contributed by atoms with E-state index in [1.807, 2.05) is 37.4 Å². The quantitative estimate of drug-likeness (QED) is 0.728. The van der Waals surface area contributed by atoms with Gasteiger partial charge in [-0.25, -0.2) is 0 Å². The zero-order chi connectivity index (χ0) is 13.7. The molecule has 0 unspecified atom stereocenters. The summed E-state index contributed by atoms with van der Waals surface area (Å²) in [6.07, 6.45) is 2.09. The lowest BCUT2D eigenvalue weighted by atomic mass is 9.99. The molecular formula is C17H14N2O. The first-order chi connectivity index (χ1) is 9.75. The third-order valence-corrected chi connectivity index (χ3v) is 4.02. The predicted molar refractivity (Wildman–Crippen MR) is 79.1 cm³/mol. The smallest absolute Gasteiger partial charge is 0.261 e. The van der Waals surface area contributed by atoms with Crippen LogP contribution in [-0.4, -0.2) is 17.9 Å². The third-order valence-electron chi connectivity index (χ3n) is 4.02. The molecule has 0 saturated heterocycles. The fourth-order valence-corrected chi connectivity index (χ4v) is 2.95. The van der Waals surface area contributed by atoms with Crippen molar-refractivity contribution in [2.24, 2.45) is 0 Å². The van der Waals surface area contributed by atoms with E-state index in [9.17, 15) is 4.79 Å². The molecule has 20 heavy (non-hydrogen) atoms. The van der Waals surface area contributed by atoms with Crippen LogP contribution in [0.5, 0.6) is 0 Å². The second kappa shape index (κ2) is 3.97. The summed E-state index contributed by atoms with van der Waals surface area (Å²) in [5, 5.41) is 0. The van der Waals surface area contributed by atoms with Crippen LogP contribution in [0.3, 0.4) is 0 Å². The van der Waals surface area contributed by atoms with Gasteiger partial charge in [0.2, 0.25) is 0 Å². The number of benzene rings is 2. The van der Waals surface area contributed by atoms with Crippen molar-refractivity contribution < 1.29 is 4.79 Å². The molecule has 0 N–H and O–H groups in total. The summed E-state index contributed by atoms with van der Waals surface area (Å²) in [6.45, 7) is 0.802. The Labute approximate surface area is 117 Å². The summed E-state index contributed by atoms with van der Waals surface area (Å²) >= 11 is 0. The number of hydrogen-bond donors (Lipinski definition) is 0. The fourth-order valence-electron chi connectivity index (χ4n) is 2.95. The molecule has 0 aromatic heterocycles. The van der Waals surface area contributed by atoms with E-state index in [0.29, 0.717) is 0 Å². The molecule has 2 aliphatic heterocycles. The highest BCUT2D eigenvalue weighted by atomic mass is 16.2. The maximum absolute atomic E-state index is 12.4. The molecule has 0 aliphatic carbocycles. The van der Waals surface area contributed by atoms with Crippen molar-refractivity contribution >= 4 is 17.7 Å². The van der Waals surface area contributed by atoms with Crippen LogP contribution in [-0.2, 0) is 6.54 Å². The van der Waals surface area contributed by atoms with Gasteiger partial charge in [0.15, 0.2) is 0 Å². The summed E-state index contributed by atoms with van der Waals surface area (Å²) in [7, 11) is 1.84. The first-order valence-electron chi connectivity index (χ1n) is 6.70. The zero-order valence-electron chi connectivity index (χ0n) is 11.2. The van der Waals surface area contributed by atoms with Gasteiger partial charge in [0, 0.05) is 7.05 Å². The summed E-state index contributed by atoms with van der Waals surface area (Å²) < 4.78 is 0. The fraction of sp³-hybridized carbons (Fsp3) is 0.118. The van der Waals surface area contributed by atoms with Gasteiger partial charge in [-0.05, 0) is 29.3 Å². The minimum Gasteiger partial charge on any atom is -0.322 e. The SMILES string of the molecule is CN1C(=O)c2ccccc2N2Cc3ccccc3C=C12. The van der Waals surface area contributed by atoms with Gasteiger partial charge >= 0.3 is 0 Å². The largest absolute Gasteiger partial charge is 0.322 e. The molecule has 0 atom stereocenters. The van der Waals surface area contributed by atoms with Crippen LogP contribution >= 0.6 is 0 Å². The lowest BCUT2D eigenvalue weighted by Gasteiger charge is -2.40. The summed E-state index contributed by atoms with van der Waals surface area (Å²) in [5.74, 6) is 1.01. The van der Waals surface area contributed by atoms with E-state index in [-0.39, 0.29) is 5.91 Å². The van der Waals surface area contributed by atoms with E-state index < -0.39 is 0 Å². The molecule has 2 aliphatic rings. The van der Waals surface area contributed by atoms with Crippen molar-refractivity contribution in [3.63, 3.8) is 0 Å². The van der Waals surface area contributed by atoms with Crippen molar-refractivity contribution in [3.8, 4) is 0 Å². The Hall–Kier alpha value is -2.55. The van der Waals surface area contributed by atoms with Crippen LogP contribution in [0.1, 0.15) is 21.5 Å². The molecule has 0 radical (unpaired) electrons. The highest BCUT2D eigenvalue weighted by Gasteiger charge is 2.33. The van der Waals surface area contributed by atoms with Crippen LogP contribution in [0.25, 0.3) is 6.08 Å². The molecule has 0 bridgehead atoms. The number of anilines is 1. The monoisotopic (exact) mass is 262 g/mol. The van der Waals surface area contributed by atoms with Gasteiger partial charge in [-0.1, -0.05) is 36.4 Å². The van der Waals surface area contributed by atoms with Gasteiger partial charge in [0.05, 0.1) is 17.8 Å². The van der Waals surface area contributed by atoms with Crippen LogP contribution in [0.2, 0.25) is 0 Å². The van der Waals surface area contributed by atoms with Gasteiger partial charge in [0.1, 0.15) is 5.82 Å². The molecule has 3 heteroatoms. The molecule has 3 nitrogen and oxygen atoms in total. The summed E-state index contributed by atoms with van der Waals surface area (Å²) in [5.41, 5.74) is 4.24. The Morgan fingerprint density at radius 1 is 1.00 bits per heavy atom. The van der Waals surface area contributed by atoms with E-state index >= 15 is 0 Å². The van der Waals surface area contributed by atoms with Crippen LogP contribution < -0.4 is 4.90 Å². The first kappa shape index (κ1) is 11.3. The normalized spacial score (nSPS) is 16.2. The van der Waals surface area contributed by atoms with Crippen LogP contribution in [0.15, 0.2) is 54.4 Å². The minimum atomic E-state index is 0.0579. The molecule has 4 rings (SSSR count). The number of nitrogens with zero attached hydrogens (tertiary/aromatic N) is 2. The van der Waals surface area contributed by atoms with Crippen molar-refractivity contribution in [2.45, 2.75) is 6.54 Å². The van der Waals surface area contributed by atoms with Crippen molar-refractivity contribution in [1.29, 1.82) is 0 Å². The maximum atomic E-state index is 12.4. The second-order valence-electron chi connectivity index (χ2n) is 5.17. The maximum Gasteiger partial charge on any atom is 0.261 e. The number of para-hydroxylation sites is 1. The van der Waals surface area contributed by atoms with Crippen molar-refractivity contribution in [3.05, 3.63) is 71.0 Å². The number of rotatable bonds is 0. The molecule has 0 fully saturated rings. The number of hydrogen-bond acceptors (Lipinski definition) is 2. The highest BCUT2D eigenvalue weighted by molar-refractivity contribution is 6.04. The molecule has 2 aromatic carbocycles. The number of amides is 1. The molecule has 2 heterocycles. The van der Waals surface area contributed by atoms with Gasteiger partial charge < -0.3 is 4.90 Å². The molecule has 0 spiro atoms. The molecule has 0 saturated carbocycles. The molecular weight excluding hydrogens is 248 g/mol. The van der Waals surface area contributed by atoms with E-state index in [4.69, 9.17) is 0 Å². The molecule has 1 amide bonds. The number of carbonyl (C=O) groups is 1. The Kier molecular flexibility index (Phi) is 2.24. The lowest BCUT2D eigenvalue weighted by Crippen LogP contribution is -2.43. The van der Waals surface area contributed by atoms with Crippen LogP contribution in [0, 0.1) is 0 Å².